The summed E-state index contributed by atoms with van der Waals surface area (Å²) in [6.07, 6.45) is 3.75. The summed E-state index contributed by atoms with van der Waals surface area (Å²) in [6.45, 7) is 3.27. The molecule has 0 unspecified atom stereocenters. The Bertz CT molecular complexity index is 959. The molecular formula is C23H27N5O2S. The van der Waals surface area contributed by atoms with Crippen molar-refractivity contribution in [3.05, 3.63) is 72.1 Å². The number of carbonyl (C=O) groups is 1. The van der Waals surface area contributed by atoms with Crippen molar-refractivity contribution in [3.63, 3.8) is 0 Å². The summed E-state index contributed by atoms with van der Waals surface area (Å²) >= 11 is 1.36. The van der Waals surface area contributed by atoms with E-state index in [4.69, 9.17) is 4.84 Å². The largest absolute Gasteiger partial charge is 0.296 e. The summed E-state index contributed by atoms with van der Waals surface area (Å²) in [5.74, 6) is 0.890. The Kier molecular flexibility index (Phi) is 7.71. The lowest BCUT2D eigenvalue weighted by molar-refractivity contribution is -0.131. The summed E-state index contributed by atoms with van der Waals surface area (Å²) in [7, 11) is 0. The van der Waals surface area contributed by atoms with Crippen molar-refractivity contribution in [2.75, 3.05) is 18.8 Å². The Morgan fingerprint density at radius 3 is 2.42 bits per heavy atom. The third-order valence-corrected chi connectivity index (χ3v) is 6.06. The van der Waals surface area contributed by atoms with Gasteiger partial charge in [0.05, 0.1) is 18.9 Å². The lowest BCUT2D eigenvalue weighted by atomic mass is 10.1. The highest BCUT2D eigenvalue weighted by Gasteiger charge is 2.19. The lowest BCUT2D eigenvalue weighted by Crippen LogP contribution is -2.30. The number of carbonyl (C=O) groups excluding carboxylic acids is 1. The first-order valence-electron chi connectivity index (χ1n) is 10.6. The van der Waals surface area contributed by atoms with Crippen molar-refractivity contribution in [1.82, 2.24) is 25.1 Å². The van der Waals surface area contributed by atoms with Crippen LogP contribution in [0.15, 0.2) is 65.8 Å². The fourth-order valence-corrected chi connectivity index (χ4v) is 4.34. The summed E-state index contributed by atoms with van der Waals surface area (Å²) in [4.78, 5) is 20.0. The van der Waals surface area contributed by atoms with Crippen molar-refractivity contribution in [2.45, 2.75) is 37.6 Å². The first kappa shape index (κ1) is 21.5. The highest BCUT2D eigenvalue weighted by atomic mass is 32.2. The number of para-hydroxylation sites is 1. The molecule has 31 heavy (non-hydrogen) atoms. The number of hydroxylamine groups is 1. The second-order valence-electron chi connectivity index (χ2n) is 7.49. The molecule has 1 aromatic heterocycles. The van der Waals surface area contributed by atoms with Gasteiger partial charge in [-0.1, -0.05) is 66.7 Å². The molecule has 0 saturated carbocycles. The number of piperidine rings is 1. The highest BCUT2D eigenvalue weighted by molar-refractivity contribution is 7.99. The van der Waals surface area contributed by atoms with Gasteiger partial charge < -0.3 is 0 Å². The molecule has 7 nitrogen and oxygen atoms in total. The maximum absolute atomic E-state index is 12.3. The van der Waals surface area contributed by atoms with E-state index in [1.165, 1.54) is 31.0 Å². The summed E-state index contributed by atoms with van der Waals surface area (Å²) in [6, 6.07) is 19.8. The van der Waals surface area contributed by atoms with Gasteiger partial charge in [0.25, 0.3) is 5.91 Å². The number of thioether (sulfide) groups is 1. The maximum atomic E-state index is 12.3. The maximum Gasteiger partial charge on any atom is 0.254 e. The van der Waals surface area contributed by atoms with E-state index < -0.39 is 0 Å². The summed E-state index contributed by atoms with van der Waals surface area (Å²) in [5.41, 5.74) is 4.51. The highest BCUT2D eigenvalue weighted by Crippen LogP contribution is 2.23. The fourth-order valence-electron chi connectivity index (χ4n) is 3.58. The van der Waals surface area contributed by atoms with Crippen LogP contribution in [0.5, 0.6) is 0 Å². The van der Waals surface area contributed by atoms with E-state index in [0.717, 1.165) is 36.7 Å². The molecule has 0 aliphatic carbocycles. The molecule has 1 fully saturated rings. The minimum Gasteiger partial charge on any atom is -0.296 e. The van der Waals surface area contributed by atoms with Crippen LogP contribution in [0.2, 0.25) is 0 Å². The van der Waals surface area contributed by atoms with E-state index in [2.05, 4.69) is 25.1 Å². The van der Waals surface area contributed by atoms with Crippen molar-refractivity contribution >= 4 is 17.7 Å². The van der Waals surface area contributed by atoms with Crippen molar-refractivity contribution in [1.29, 1.82) is 0 Å². The standard InChI is InChI=1S/C23H27N5O2S/c29-22(26-30-17-19-10-4-1-5-11-19)18-31-23-25-24-21(16-27-14-8-3-9-15-27)28(23)20-12-6-2-7-13-20/h1-2,4-7,10-13H,3,8-9,14-18H2,(H,26,29). The van der Waals surface area contributed by atoms with Crippen LogP contribution >= 0.6 is 11.8 Å². The van der Waals surface area contributed by atoms with Crippen molar-refractivity contribution in [2.24, 2.45) is 0 Å². The minimum atomic E-state index is -0.207. The number of likely N-dealkylation sites (tertiary alicyclic amines) is 1. The fraction of sp³-hybridized carbons (Fsp3) is 0.348. The van der Waals surface area contributed by atoms with Crippen LogP contribution in [0, 0.1) is 0 Å². The first-order valence-corrected chi connectivity index (χ1v) is 11.6. The number of hydrogen-bond acceptors (Lipinski definition) is 6. The normalized spacial score (nSPS) is 14.5. The molecular weight excluding hydrogens is 410 g/mol. The van der Waals surface area contributed by atoms with E-state index >= 15 is 0 Å². The van der Waals surface area contributed by atoms with Gasteiger partial charge in [0.15, 0.2) is 11.0 Å². The molecule has 3 aromatic rings. The van der Waals surface area contributed by atoms with Crippen molar-refractivity contribution in [3.8, 4) is 5.69 Å². The third kappa shape index (κ3) is 6.16. The van der Waals surface area contributed by atoms with E-state index in [-0.39, 0.29) is 11.7 Å². The van der Waals surface area contributed by atoms with Gasteiger partial charge in [-0.25, -0.2) is 5.48 Å². The molecule has 4 rings (SSSR count). The van der Waals surface area contributed by atoms with Gasteiger partial charge in [0.1, 0.15) is 0 Å². The van der Waals surface area contributed by atoms with E-state index in [1.807, 2.05) is 60.7 Å². The molecule has 1 amide bonds. The molecule has 0 spiro atoms. The van der Waals surface area contributed by atoms with Gasteiger partial charge in [-0.15, -0.1) is 10.2 Å². The Labute approximate surface area is 186 Å². The Morgan fingerprint density at radius 1 is 0.968 bits per heavy atom. The predicted molar refractivity (Wildman–Crippen MR) is 121 cm³/mol. The van der Waals surface area contributed by atoms with Crippen molar-refractivity contribution < 1.29 is 9.63 Å². The second kappa shape index (κ2) is 11.1. The van der Waals surface area contributed by atoms with Crippen LogP contribution in [-0.4, -0.2) is 44.4 Å². The Morgan fingerprint density at radius 2 is 1.68 bits per heavy atom. The SMILES string of the molecule is O=C(CSc1nnc(CN2CCCCC2)n1-c1ccccc1)NOCc1ccccc1. The molecule has 0 bridgehead atoms. The number of rotatable bonds is 9. The monoisotopic (exact) mass is 437 g/mol. The molecule has 162 valence electrons. The zero-order chi connectivity index (χ0) is 21.3. The average molecular weight is 438 g/mol. The van der Waals surface area contributed by atoms with Crippen LogP contribution in [0.4, 0.5) is 0 Å². The molecule has 2 heterocycles. The third-order valence-electron chi connectivity index (χ3n) is 5.13. The average Bonchev–Trinajstić information content (AvgIpc) is 3.22. The second-order valence-corrected chi connectivity index (χ2v) is 8.44. The van der Waals surface area contributed by atoms with Crippen LogP contribution in [-0.2, 0) is 22.8 Å². The van der Waals surface area contributed by atoms with Gasteiger partial charge in [-0.05, 0) is 43.6 Å². The minimum absolute atomic E-state index is 0.198. The quantitative estimate of drug-likeness (QED) is 0.407. The van der Waals surface area contributed by atoms with E-state index in [1.54, 1.807) is 0 Å². The molecule has 1 aliphatic heterocycles. The van der Waals surface area contributed by atoms with Crippen LogP contribution in [0.25, 0.3) is 5.69 Å². The number of hydrogen-bond donors (Lipinski definition) is 1. The molecule has 1 aliphatic rings. The number of amides is 1. The van der Waals surface area contributed by atoms with Gasteiger partial charge >= 0.3 is 0 Å². The van der Waals surface area contributed by atoms with Crippen LogP contribution in [0.3, 0.4) is 0 Å². The Balaban J connectivity index is 1.38. The molecule has 0 radical (unpaired) electrons. The summed E-state index contributed by atoms with van der Waals surface area (Å²) < 4.78 is 2.05. The molecule has 8 heteroatoms. The Hall–Kier alpha value is -2.68. The summed E-state index contributed by atoms with van der Waals surface area (Å²) in [5, 5.41) is 9.55. The van der Waals surface area contributed by atoms with Crippen LogP contribution < -0.4 is 5.48 Å². The topological polar surface area (TPSA) is 72.3 Å². The molecule has 2 aromatic carbocycles. The van der Waals surface area contributed by atoms with Crippen LogP contribution in [0.1, 0.15) is 30.7 Å². The number of aromatic nitrogens is 3. The molecule has 0 atom stereocenters. The smallest absolute Gasteiger partial charge is 0.254 e. The number of nitrogens with one attached hydrogen (secondary N) is 1. The van der Waals surface area contributed by atoms with Gasteiger partial charge in [-0.3, -0.25) is 19.1 Å². The lowest BCUT2D eigenvalue weighted by Gasteiger charge is -2.26. The number of nitrogens with zero attached hydrogens (tertiary/aromatic N) is 4. The first-order chi connectivity index (χ1) is 15.3. The zero-order valence-corrected chi connectivity index (χ0v) is 18.3. The zero-order valence-electron chi connectivity index (χ0n) is 17.4. The van der Waals surface area contributed by atoms with Gasteiger partial charge in [-0.2, -0.15) is 0 Å². The molecule has 1 saturated heterocycles. The number of benzene rings is 2. The predicted octanol–water partition coefficient (Wildman–Crippen LogP) is 3.59. The van der Waals surface area contributed by atoms with Gasteiger partial charge in [0.2, 0.25) is 0 Å². The molecule has 1 N–H and O–H groups in total. The van der Waals surface area contributed by atoms with E-state index in [9.17, 15) is 4.79 Å². The van der Waals surface area contributed by atoms with E-state index in [0.29, 0.717) is 11.8 Å². The van der Waals surface area contributed by atoms with Gasteiger partial charge in [0, 0.05) is 5.69 Å².